The number of aliphatic hydroxyl groups excluding tert-OH is 2. The van der Waals surface area contributed by atoms with Gasteiger partial charge in [-0.3, -0.25) is 0 Å². The van der Waals surface area contributed by atoms with Crippen molar-refractivity contribution in [1.82, 2.24) is 0 Å². The quantitative estimate of drug-likeness (QED) is 0.0456. The normalized spacial score (nSPS) is 18.0. The van der Waals surface area contributed by atoms with E-state index >= 15 is 0 Å². The molecular weight excluding hydrogens is 885 g/mol. The van der Waals surface area contributed by atoms with Crippen LogP contribution >= 0.6 is 0 Å². The predicted molar refractivity (Wildman–Crippen MR) is 286 cm³/mol. The van der Waals surface area contributed by atoms with E-state index in [-0.39, 0.29) is 24.0 Å². The van der Waals surface area contributed by atoms with Crippen LogP contribution in [0.4, 0.5) is 0 Å². The average molecular weight is 992 g/mol. The Kier molecular flexibility index (Phi) is 31.7. The van der Waals surface area contributed by atoms with Crippen LogP contribution in [0.3, 0.4) is 0 Å². The van der Waals surface area contributed by atoms with Gasteiger partial charge in [-0.1, -0.05) is 105 Å². The van der Waals surface area contributed by atoms with Crippen molar-refractivity contribution >= 4 is 53.0 Å². The van der Waals surface area contributed by atoms with Crippen molar-refractivity contribution in [2.24, 2.45) is 22.7 Å². The van der Waals surface area contributed by atoms with E-state index in [0.717, 1.165) is 122 Å². The van der Waals surface area contributed by atoms with Crippen LogP contribution in [-0.4, -0.2) is 136 Å². The van der Waals surface area contributed by atoms with Crippen molar-refractivity contribution in [3.63, 3.8) is 0 Å². The molecule has 0 aromatic heterocycles. The third-order valence-electron chi connectivity index (χ3n) is 12.9. The van der Waals surface area contributed by atoms with Gasteiger partial charge in [0, 0.05) is 45.3 Å². The fraction of sp³-hybridized carbons (Fsp3) is 0.960. The first-order valence-electron chi connectivity index (χ1n) is 26.0. The van der Waals surface area contributed by atoms with E-state index in [4.69, 9.17) is 31.9 Å². The van der Waals surface area contributed by atoms with Gasteiger partial charge in [0.2, 0.25) is 17.0 Å². The van der Waals surface area contributed by atoms with Crippen LogP contribution in [0.5, 0.6) is 0 Å². The first-order valence-corrected chi connectivity index (χ1v) is 39.9. The molecule has 1 aliphatic heterocycles. The molecule has 0 aliphatic carbocycles. The molecule has 0 aromatic rings. The summed E-state index contributed by atoms with van der Waals surface area (Å²) in [6.07, 6.45) is 17.4. The third-order valence-corrected chi connectivity index (χ3v) is 21.9. The van der Waals surface area contributed by atoms with Gasteiger partial charge in [0.1, 0.15) is 5.35 Å². The predicted octanol–water partition coefficient (Wildman–Crippen LogP) is 12.1. The lowest BCUT2D eigenvalue weighted by molar-refractivity contribution is -0.0541. The number of hydrogen-bond acceptors (Lipinski definition) is 9. The standard InChI is InChI=1S/C50H106O9Si5/c1-16-49(39-51,31-28-29-46-48(59-64(13,14)15)61(46)57-37-44(3)4)41-53-34-26-27-36-60(6)56-35-25-21-20-24-33-55-43-50(17-2,40-52)42-54-32-23-19-18-22-30-47(62(7,8)9)45(5)38-58-63(10,11)12/h36,44-47,51-52H,16-35,37-43H2,1-15H3/b60-36+. The molecule has 0 saturated heterocycles. The second-order valence-corrected chi connectivity index (χ2v) is 41.6. The summed E-state index contributed by atoms with van der Waals surface area (Å²) in [6.45, 7) is 41.3. The summed E-state index contributed by atoms with van der Waals surface area (Å²) < 4.78 is 43.6. The van der Waals surface area contributed by atoms with Gasteiger partial charge in [-0.15, -0.1) is 0 Å². The highest BCUT2D eigenvalue weighted by atomic mass is 28.4. The summed E-state index contributed by atoms with van der Waals surface area (Å²) in [7, 11) is -6.25. The molecule has 0 radical (unpaired) electrons. The van der Waals surface area contributed by atoms with Crippen molar-refractivity contribution < 1.29 is 42.1 Å². The highest BCUT2D eigenvalue weighted by molar-refractivity contribution is 6.89. The molecule has 0 bridgehead atoms. The molecule has 5 atom stereocenters. The number of ether oxygens (including phenoxy) is 3. The lowest BCUT2D eigenvalue weighted by Crippen LogP contribution is -2.36. The first-order chi connectivity index (χ1) is 30.1. The Balaban J connectivity index is 2.19. The lowest BCUT2D eigenvalue weighted by atomic mass is 9.81. The number of unbranched alkanes of at least 4 members (excludes halogenated alkanes) is 7. The minimum absolute atomic E-state index is 0.0967. The molecule has 5 unspecified atom stereocenters. The minimum Gasteiger partial charge on any atom is -0.551 e. The van der Waals surface area contributed by atoms with Gasteiger partial charge in [0.05, 0.1) is 51.8 Å². The van der Waals surface area contributed by atoms with Crippen LogP contribution in [0.15, 0.2) is 0 Å². The molecule has 0 fully saturated rings. The molecule has 380 valence electrons. The summed E-state index contributed by atoms with van der Waals surface area (Å²) in [5.41, 5.74) is 3.17. The van der Waals surface area contributed by atoms with Gasteiger partial charge >= 0.3 is 0 Å². The van der Waals surface area contributed by atoms with Gasteiger partial charge in [0.25, 0.3) is 8.65 Å². The molecule has 0 spiro atoms. The van der Waals surface area contributed by atoms with Crippen molar-refractivity contribution in [3.8, 4) is 0 Å². The summed E-state index contributed by atoms with van der Waals surface area (Å²) in [5, 5.41) is 22.0. The van der Waals surface area contributed by atoms with E-state index in [0.29, 0.717) is 37.2 Å². The second-order valence-electron chi connectivity index (χ2n) is 23.1. The van der Waals surface area contributed by atoms with E-state index in [9.17, 15) is 10.2 Å². The van der Waals surface area contributed by atoms with Crippen LogP contribution in [0.1, 0.15) is 137 Å². The summed E-state index contributed by atoms with van der Waals surface area (Å²) >= 11 is 0. The molecule has 1 rings (SSSR count). The number of hydrogen-bond donors (Lipinski definition) is 2. The molecule has 9 nitrogen and oxygen atoms in total. The fourth-order valence-electron chi connectivity index (χ4n) is 8.38. The Labute approximate surface area is 402 Å². The minimum atomic E-state index is -1.63. The maximum atomic E-state index is 10.4. The average Bonchev–Trinajstić information content (AvgIpc) is 3.87. The largest absolute Gasteiger partial charge is 0.551 e. The maximum Gasteiger partial charge on any atom is 0.282 e. The van der Waals surface area contributed by atoms with E-state index in [1.54, 1.807) is 0 Å². The van der Waals surface area contributed by atoms with Crippen molar-refractivity contribution in [2.75, 3.05) is 72.7 Å². The molecular formula is C50H106O9Si5. The number of rotatable bonds is 43. The monoisotopic (exact) mass is 991 g/mol. The third kappa shape index (κ3) is 28.5. The molecule has 2 N–H and O–H groups in total. The van der Waals surface area contributed by atoms with Gasteiger partial charge in [0.15, 0.2) is 8.32 Å². The molecule has 0 aromatic carbocycles. The Morgan fingerprint density at radius 2 is 1.20 bits per heavy atom. The van der Waals surface area contributed by atoms with E-state index in [1.165, 1.54) is 31.0 Å². The van der Waals surface area contributed by atoms with Crippen LogP contribution in [0.25, 0.3) is 0 Å². The van der Waals surface area contributed by atoms with Crippen LogP contribution in [0.2, 0.25) is 76.6 Å². The molecule has 0 saturated carbocycles. The van der Waals surface area contributed by atoms with Crippen molar-refractivity contribution in [3.05, 3.63) is 0 Å². The topological polar surface area (TPSA) is 105 Å². The van der Waals surface area contributed by atoms with Gasteiger partial charge in [-0.2, -0.15) is 0 Å². The molecule has 1 aliphatic rings. The van der Waals surface area contributed by atoms with E-state index < -0.39 is 42.0 Å². The zero-order valence-corrected chi connectivity index (χ0v) is 49.7. The number of aliphatic hydroxyl groups is 2. The highest BCUT2D eigenvalue weighted by Gasteiger charge is 2.45. The lowest BCUT2D eigenvalue weighted by Gasteiger charge is -2.35. The maximum absolute atomic E-state index is 10.4. The first kappa shape index (κ1) is 62.0. The fourth-order valence-corrected chi connectivity index (χ4v) is 17.6. The van der Waals surface area contributed by atoms with Crippen LogP contribution in [-0.2, 0) is 31.9 Å². The van der Waals surface area contributed by atoms with E-state index in [2.05, 4.69) is 106 Å². The SMILES string of the molecule is CCC(CO)(CCCC1C(O[Si](C)(C)C)=[Si]1OCC(C)C)COCCC/C=[Si](\C)OCCCCCCOCC(CC)(CO)COCCCCCCC(C(C)CO[Si](C)(C)C)[Si](C)(C)C. The Morgan fingerprint density at radius 3 is 1.70 bits per heavy atom. The zero-order valence-electron chi connectivity index (χ0n) is 44.7. The van der Waals surface area contributed by atoms with Gasteiger partial charge in [-0.05, 0) is 121 Å². The van der Waals surface area contributed by atoms with Crippen LogP contribution in [0, 0.1) is 22.7 Å². The van der Waals surface area contributed by atoms with Crippen LogP contribution < -0.4 is 0 Å². The Bertz CT molecular complexity index is 1250. The summed E-state index contributed by atoms with van der Waals surface area (Å²) in [4.78, 5) is 0. The second kappa shape index (κ2) is 32.7. The summed E-state index contributed by atoms with van der Waals surface area (Å²) in [6, 6.07) is 0. The highest BCUT2D eigenvalue weighted by Crippen LogP contribution is 2.38. The van der Waals surface area contributed by atoms with Crippen molar-refractivity contribution in [2.45, 2.75) is 214 Å². The zero-order chi connectivity index (χ0) is 48.3. The van der Waals surface area contributed by atoms with Crippen molar-refractivity contribution in [1.29, 1.82) is 0 Å². The van der Waals surface area contributed by atoms with Gasteiger partial charge < -0.3 is 42.1 Å². The Morgan fingerprint density at radius 1 is 0.672 bits per heavy atom. The smallest absolute Gasteiger partial charge is 0.282 e. The Hall–Kier alpha value is -0.0156. The van der Waals surface area contributed by atoms with E-state index in [1.807, 2.05) is 0 Å². The summed E-state index contributed by atoms with van der Waals surface area (Å²) in [5.74, 6) is 1.18. The molecule has 64 heavy (non-hydrogen) atoms. The molecule has 14 heteroatoms. The molecule has 1 heterocycles. The molecule has 0 amide bonds. The van der Waals surface area contributed by atoms with Gasteiger partial charge in [-0.25, -0.2) is 0 Å².